The predicted octanol–water partition coefficient (Wildman–Crippen LogP) is 5.00. The third kappa shape index (κ3) is 2.48. The summed E-state index contributed by atoms with van der Waals surface area (Å²) in [6.45, 7) is 4.10. The lowest BCUT2D eigenvalue weighted by Gasteiger charge is -2.06. The van der Waals surface area contributed by atoms with Gasteiger partial charge in [0.25, 0.3) is 0 Å². The average molecular weight is 274 g/mol. The summed E-state index contributed by atoms with van der Waals surface area (Å²) in [7, 11) is 0. The predicted molar refractivity (Wildman–Crippen MR) is 78.5 cm³/mol. The molecule has 0 bridgehead atoms. The Morgan fingerprint density at radius 1 is 1.22 bits per heavy atom. The van der Waals surface area contributed by atoms with E-state index in [1.54, 1.807) is 0 Å². The molecule has 1 heterocycles. The van der Waals surface area contributed by atoms with Crippen LogP contribution in [0.4, 0.5) is 0 Å². The Hall–Kier alpha value is -1.56. The maximum Gasteiger partial charge on any atom is 0.102 e. The molecule has 0 atom stereocenters. The highest BCUT2D eigenvalue weighted by atomic mass is 35.5. The minimum absolute atomic E-state index is 0.517. The fourth-order valence-corrected chi connectivity index (χ4v) is 2.70. The van der Waals surface area contributed by atoms with Gasteiger partial charge in [-0.15, -0.1) is 11.3 Å². The van der Waals surface area contributed by atoms with Gasteiger partial charge in [-0.1, -0.05) is 35.9 Å². The first-order valence-electron chi connectivity index (χ1n) is 5.55. The number of hydrogen-bond acceptors (Lipinski definition) is 2. The largest absolute Gasteiger partial charge is 0.192 e. The number of benzene rings is 1. The number of rotatable bonds is 2. The number of allylic oxidation sites excluding steroid dienone is 1. The highest BCUT2D eigenvalue weighted by molar-refractivity contribution is 7.11. The molecule has 0 fully saturated rings. The normalized spacial score (nSPS) is 11.9. The Labute approximate surface area is 116 Å². The van der Waals surface area contributed by atoms with Crippen LogP contribution in [-0.4, -0.2) is 0 Å². The third-order valence-electron chi connectivity index (χ3n) is 2.86. The smallest absolute Gasteiger partial charge is 0.102 e. The minimum Gasteiger partial charge on any atom is -0.192 e. The Morgan fingerprint density at radius 3 is 2.56 bits per heavy atom. The minimum atomic E-state index is 0.517. The van der Waals surface area contributed by atoms with E-state index in [0.717, 1.165) is 10.4 Å². The van der Waals surface area contributed by atoms with Crippen molar-refractivity contribution in [2.24, 2.45) is 0 Å². The molecular weight excluding hydrogens is 262 g/mol. The monoisotopic (exact) mass is 273 g/mol. The summed E-state index contributed by atoms with van der Waals surface area (Å²) in [5.74, 6) is 0. The topological polar surface area (TPSA) is 23.8 Å². The summed E-state index contributed by atoms with van der Waals surface area (Å²) in [5, 5.41) is 11.7. The zero-order valence-electron chi connectivity index (χ0n) is 10.2. The van der Waals surface area contributed by atoms with Crippen LogP contribution in [0, 0.1) is 25.2 Å². The van der Waals surface area contributed by atoms with Gasteiger partial charge in [-0.2, -0.15) is 5.26 Å². The van der Waals surface area contributed by atoms with Crippen LogP contribution in [0.3, 0.4) is 0 Å². The van der Waals surface area contributed by atoms with Gasteiger partial charge in [-0.05, 0) is 42.0 Å². The van der Waals surface area contributed by atoms with Crippen molar-refractivity contribution in [3.63, 3.8) is 0 Å². The van der Waals surface area contributed by atoms with E-state index in [9.17, 15) is 5.26 Å². The maximum absolute atomic E-state index is 9.27. The Morgan fingerprint density at radius 2 is 2.00 bits per heavy atom. The van der Waals surface area contributed by atoms with Gasteiger partial charge in [0.15, 0.2) is 0 Å². The third-order valence-corrected chi connectivity index (χ3v) is 4.15. The van der Waals surface area contributed by atoms with Crippen LogP contribution in [0.25, 0.3) is 10.6 Å². The molecule has 0 aliphatic heterocycles. The molecule has 90 valence electrons. The molecule has 0 saturated carbocycles. The lowest BCUT2D eigenvalue weighted by atomic mass is 10.0. The molecule has 0 saturated heterocycles. The van der Waals surface area contributed by atoms with Crippen LogP contribution in [0.15, 0.2) is 35.7 Å². The number of nitrogens with zero attached hydrogens (tertiary/aromatic N) is 1. The van der Waals surface area contributed by atoms with Gasteiger partial charge >= 0.3 is 0 Å². The van der Waals surface area contributed by atoms with Crippen molar-refractivity contribution < 1.29 is 0 Å². The Kier molecular flexibility index (Phi) is 3.86. The molecule has 0 spiro atoms. The molecule has 0 aliphatic rings. The first-order valence-corrected chi connectivity index (χ1v) is 6.80. The van der Waals surface area contributed by atoms with Crippen molar-refractivity contribution in [3.05, 3.63) is 57.3 Å². The van der Waals surface area contributed by atoms with Crippen LogP contribution < -0.4 is 0 Å². The maximum atomic E-state index is 9.27. The van der Waals surface area contributed by atoms with E-state index in [2.05, 4.69) is 13.0 Å². The van der Waals surface area contributed by atoms with Crippen LogP contribution in [0.5, 0.6) is 0 Å². The average Bonchev–Trinajstić information content (AvgIpc) is 2.87. The summed E-state index contributed by atoms with van der Waals surface area (Å²) < 4.78 is 0. The summed E-state index contributed by atoms with van der Waals surface area (Å²) in [6, 6.07) is 12.0. The molecule has 1 aromatic heterocycles. The summed E-state index contributed by atoms with van der Waals surface area (Å²) in [6.07, 6.45) is 0. The van der Waals surface area contributed by atoms with Crippen molar-refractivity contribution in [2.75, 3.05) is 0 Å². The van der Waals surface area contributed by atoms with Gasteiger partial charge in [0.2, 0.25) is 0 Å². The van der Waals surface area contributed by atoms with Gasteiger partial charge in [-0.3, -0.25) is 0 Å². The molecule has 0 amide bonds. The number of halogens is 1. The lowest BCUT2D eigenvalue weighted by molar-refractivity contribution is 1.33. The quantitative estimate of drug-likeness (QED) is 0.707. The second kappa shape index (κ2) is 5.39. The van der Waals surface area contributed by atoms with Gasteiger partial charge in [0, 0.05) is 4.88 Å². The molecule has 3 heteroatoms. The van der Waals surface area contributed by atoms with E-state index in [1.165, 1.54) is 22.5 Å². The van der Waals surface area contributed by atoms with E-state index in [4.69, 9.17) is 11.6 Å². The van der Waals surface area contributed by atoms with E-state index < -0.39 is 0 Å². The van der Waals surface area contributed by atoms with Crippen LogP contribution >= 0.6 is 22.9 Å². The van der Waals surface area contributed by atoms with E-state index >= 15 is 0 Å². The summed E-state index contributed by atoms with van der Waals surface area (Å²) in [4.78, 5) is 0.903. The van der Waals surface area contributed by atoms with E-state index in [1.807, 2.05) is 42.6 Å². The summed E-state index contributed by atoms with van der Waals surface area (Å²) in [5.41, 5.74) is 3.83. The fourth-order valence-electron chi connectivity index (χ4n) is 1.66. The molecule has 0 aliphatic carbocycles. The molecule has 0 radical (unpaired) electrons. The van der Waals surface area contributed by atoms with Gasteiger partial charge < -0.3 is 0 Å². The van der Waals surface area contributed by atoms with Crippen LogP contribution in [0.2, 0.25) is 0 Å². The van der Waals surface area contributed by atoms with E-state index in [0.29, 0.717) is 10.6 Å². The van der Waals surface area contributed by atoms with Gasteiger partial charge in [0.1, 0.15) is 6.07 Å². The summed E-state index contributed by atoms with van der Waals surface area (Å²) >= 11 is 7.87. The lowest BCUT2D eigenvalue weighted by Crippen LogP contribution is -1.87. The molecule has 0 unspecified atom stereocenters. The van der Waals surface area contributed by atoms with Crippen molar-refractivity contribution in [1.29, 1.82) is 5.26 Å². The fraction of sp³-hybridized carbons (Fsp3) is 0.133. The molecule has 1 aromatic carbocycles. The first kappa shape index (κ1) is 12.9. The van der Waals surface area contributed by atoms with Crippen LogP contribution in [-0.2, 0) is 0 Å². The molecular formula is C15H12ClNS. The molecule has 18 heavy (non-hydrogen) atoms. The van der Waals surface area contributed by atoms with Gasteiger partial charge in [-0.25, -0.2) is 0 Å². The van der Waals surface area contributed by atoms with Crippen molar-refractivity contribution in [1.82, 2.24) is 0 Å². The van der Waals surface area contributed by atoms with Crippen LogP contribution in [0.1, 0.15) is 21.6 Å². The SMILES string of the molecule is Cc1ccc(C(Cl)=C(C#N)c2cccs2)cc1C. The second-order valence-electron chi connectivity index (χ2n) is 4.08. The Bertz CT molecular complexity index is 633. The number of thiophene rings is 1. The van der Waals surface area contributed by atoms with E-state index in [-0.39, 0.29) is 0 Å². The highest BCUT2D eigenvalue weighted by Crippen LogP contribution is 2.32. The second-order valence-corrected chi connectivity index (χ2v) is 5.40. The van der Waals surface area contributed by atoms with Crippen molar-refractivity contribution >= 4 is 33.5 Å². The highest BCUT2D eigenvalue weighted by Gasteiger charge is 2.10. The van der Waals surface area contributed by atoms with Crippen molar-refractivity contribution in [3.8, 4) is 6.07 Å². The zero-order chi connectivity index (χ0) is 13.1. The number of aryl methyl sites for hydroxylation is 2. The number of nitriles is 1. The molecule has 2 aromatic rings. The standard InChI is InChI=1S/C15H12ClNS/c1-10-5-6-12(8-11(10)2)15(16)13(9-17)14-4-3-7-18-14/h3-8H,1-2H3. The Balaban J connectivity index is 2.54. The first-order chi connectivity index (χ1) is 8.63. The molecule has 1 nitrogen and oxygen atoms in total. The number of hydrogen-bond donors (Lipinski definition) is 0. The molecule has 0 N–H and O–H groups in total. The molecule has 2 rings (SSSR count). The van der Waals surface area contributed by atoms with Crippen molar-refractivity contribution in [2.45, 2.75) is 13.8 Å². The zero-order valence-corrected chi connectivity index (χ0v) is 11.8. The van der Waals surface area contributed by atoms with Gasteiger partial charge in [0.05, 0.1) is 10.6 Å².